The summed E-state index contributed by atoms with van der Waals surface area (Å²) in [5.74, 6) is -0.871. The Labute approximate surface area is 127 Å². The molecule has 0 heterocycles. The average Bonchev–Trinajstić information content (AvgIpc) is 2.48. The number of carbonyl (C=O) groups excluding carboxylic acids is 2. The number of hydrogen-bond acceptors (Lipinski definition) is 4. The maximum Gasteiger partial charge on any atom is 0.339 e. The zero-order chi connectivity index (χ0) is 15.2. The predicted octanol–water partition coefficient (Wildman–Crippen LogP) is 3.11. The summed E-state index contributed by atoms with van der Waals surface area (Å²) in [4.78, 5) is 24.8. The largest absolute Gasteiger partial charge is 0.462 e. The monoisotopic (exact) mass is 301 g/mol. The van der Waals surface area contributed by atoms with Gasteiger partial charge in [0.05, 0.1) is 17.7 Å². The number of esters is 1. The Morgan fingerprint density at radius 3 is 2.10 bits per heavy atom. The molecule has 0 saturated carbocycles. The lowest BCUT2D eigenvalue weighted by Gasteiger charge is -2.10. The van der Waals surface area contributed by atoms with Gasteiger partial charge in [-0.3, -0.25) is 4.79 Å². The van der Waals surface area contributed by atoms with Crippen molar-refractivity contribution in [3.8, 4) is 0 Å². The van der Waals surface area contributed by atoms with E-state index in [0.717, 1.165) is 4.90 Å². The Kier molecular flexibility index (Phi) is 5.00. The van der Waals surface area contributed by atoms with Crippen molar-refractivity contribution >= 4 is 23.6 Å². The molecule has 1 amide bonds. The normalized spacial score (nSPS) is 10.1. The summed E-state index contributed by atoms with van der Waals surface area (Å²) in [6, 6.07) is 14.2. The summed E-state index contributed by atoms with van der Waals surface area (Å²) in [6.07, 6.45) is 0. The summed E-state index contributed by atoms with van der Waals surface area (Å²) in [7, 11) is 0. The van der Waals surface area contributed by atoms with Gasteiger partial charge in [0, 0.05) is 9.79 Å². The molecule has 0 radical (unpaired) electrons. The topological polar surface area (TPSA) is 69.4 Å². The molecule has 108 valence electrons. The second kappa shape index (κ2) is 6.95. The highest BCUT2D eigenvalue weighted by atomic mass is 32.2. The SMILES string of the molecule is CCOC(=O)c1ccccc1Sc1ccccc1C(N)=O. The number of ether oxygens (including phenoxy) is 1. The molecule has 0 atom stereocenters. The number of primary amides is 1. The Balaban J connectivity index is 2.37. The van der Waals surface area contributed by atoms with Gasteiger partial charge in [0.25, 0.3) is 0 Å². The number of nitrogens with two attached hydrogens (primary N) is 1. The van der Waals surface area contributed by atoms with Crippen LogP contribution in [0.5, 0.6) is 0 Å². The zero-order valence-corrected chi connectivity index (χ0v) is 12.4. The summed E-state index contributed by atoms with van der Waals surface area (Å²) in [5.41, 5.74) is 6.28. The first kappa shape index (κ1) is 15.1. The van der Waals surface area contributed by atoms with E-state index in [1.807, 2.05) is 18.2 Å². The first-order valence-corrected chi connectivity index (χ1v) is 7.28. The number of carbonyl (C=O) groups is 2. The second-order valence-corrected chi connectivity index (χ2v) is 5.26. The Bertz CT molecular complexity index is 670. The molecule has 2 aromatic rings. The fourth-order valence-corrected chi connectivity index (χ4v) is 2.88. The lowest BCUT2D eigenvalue weighted by Crippen LogP contribution is -2.12. The molecule has 2 rings (SSSR count). The van der Waals surface area contributed by atoms with Crippen molar-refractivity contribution in [1.29, 1.82) is 0 Å². The quantitative estimate of drug-likeness (QED) is 0.861. The lowest BCUT2D eigenvalue weighted by molar-refractivity contribution is 0.0522. The molecule has 0 saturated heterocycles. The van der Waals surface area contributed by atoms with Crippen molar-refractivity contribution in [2.75, 3.05) is 6.61 Å². The van der Waals surface area contributed by atoms with Crippen molar-refractivity contribution < 1.29 is 14.3 Å². The number of benzene rings is 2. The van der Waals surface area contributed by atoms with Crippen LogP contribution in [0.3, 0.4) is 0 Å². The highest BCUT2D eigenvalue weighted by molar-refractivity contribution is 7.99. The Morgan fingerprint density at radius 2 is 1.52 bits per heavy atom. The molecule has 2 aromatic carbocycles. The minimum atomic E-state index is -0.494. The summed E-state index contributed by atoms with van der Waals surface area (Å²) in [5, 5.41) is 0. The molecule has 0 bridgehead atoms. The number of rotatable bonds is 5. The maximum absolute atomic E-state index is 11.9. The van der Waals surface area contributed by atoms with E-state index < -0.39 is 5.91 Å². The van der Waals surface area contributed by atoms with Crippen LogP contribution >= 0.6 is 11.8 Å². The van der Waals surface area contributed by atoms with Crippen LogP contribution < -0.4 is 5.73 Å². The summed E-state index contributed by atoms with van der Waals surface area (Å²) < 4.78 is 5.04. The highest BCUT2D eigenvalue weighted by Crippen LogP contribution is 2.32. The Hall–Kier alpha value is -2.27. The molecular weight excluding hydrogens is 286 g/mol. The molecule has 0 fully saturated rings. The van der Waals surface area contributed by atoms with Crippen LogP contribution in [0.25, 0.3) is 0 Å². The third kappa shape index (κ3) is 3.64. The van der Waals surface area contributed by atoms with Crippen LogP contribution in [0.4, 0.5) is 0 Å². The molecule has 21 heavy (non-hydrogen) atoms. The molecule has 0 aliphatic heterocycles. The molecule has 5 heteroatoms. The zero-order valence-electron chi connectivity index (χ0n) is 11.5. The van der Waals surface area contributed by atoms with Crippen LogP contribution in [0.2, 0.25) is 0 Å². The third-order valence-electron chi connectivity index (χ3n) is 2.75. The van der Waals surface area contributed by atoms with Crippen molar-refractivity contribution in [2.24, 2.45) is 5.73 Å². The Morgan fingerprint density at radius 1 is 1.00 bits per heavy atom. The molecule has 0 aromatic heterocycles. The van der Waals surface area contributed by atoms with Gasteiger partial charge >= 0.3 is 5.97 Å². The van der Waals surface area contributed by atoms with E-state index in [1.54, 1.807) is 37.3 Å². The van der Waals surface area contributed by atoms with Gasteiger partial charge in [0.2, 0.25) is 5.91 Å². The van der Waals surface area contributed by atoms with E-state index >= 15 is 0 Å². The summed E-state index contributed by atoms with van der Waals surface area (Å²) in [6.45, 7) is 2.08. The van der Waals surface area contributed by atoms with Gasteiger partial charge in [0.1, 0.15) is 0 Å². The number of hydrogen-bond donors (Lipinski definition) is 1. The van der Waals surface area contributed by atoms with Crippen LogP contribution in [0, 0.1) is 0 Å². The molecule has 4 nitrogen and oxygen atoms in total. The lowest BCUT2D eigenvalue weighted by atomic mass is 10.2. The van der Waals surface area contributed by atoms with Gasteiger partial charge in [0.15, 0.2) is 0 Å². The van der Waals surface area contributed by atoms with Crippen molar-refractivity contribution in [1.82, 2.24) is 0 Å². The second-order valence-electron chi connectivity index (χ2n) is 4.18. The summed E-state index contributed by atoms with van der Waals surface area (Å²) >= 11 is 1.32. The van der Waals surface area contributed by atoms with Crippen LogP contribution in [0.15, 0.2) is 58.3 Å². The van der Waals surface area contributed by atoms with Gasteiger partial charge in [-0.1, -0.05) is 36.0 Å². The van der Waals surface area contributed by atoms with Gasteiger partial charge < -0.3 is 10.5 Å². The maximum atomic E-state index is 11.9. The van der Waals surface area contributed by atoms with Crippen molar-refractivity contribution in [2.45, 2.75) is 16.7 Å². The molecule has 0 unspecified atom stereocenters. The minimum Gasteiger partial charge on any atom is -0.462 e. The van der Waals surface area contributed by atoms with Crippen LogP contribution in [-0.4, -0.2) is 18.5 Å². The van der Waals surface area contributed by atoms with E-state index in [-0.39, 0.29) is 5.97 Å². The molecule has 0 aliphatic carbocycles. The molecule has 0 aliphatic rings. The van der Waals surface area contributed by atoms with Gasteiger partial charge in [-0.05, 0) is 31.2 Å². The first-order valence-electron chi connectivity index (χ1n) is 6.46. The fraction of sp³-hybridized carbons (Fsp3) is 0.125. The average molecular weight is 301 g/mol. The van der Waals surface area contributed by atoms with Crippen LogP contribution in [-0.2, 0) is 4.74 Å². The first-order chi connectivity index (χ1) is 10.1. The van der Waals surface area contributed by atoms with Gasteiger partial charge in [-0.2, -0.15) is 0 Å². The standard InChI is InChI=1S/C16H15NO3S/c1-2-20-16(19)12-8-4-6-10-14(12)21-13-9-5-3-7-11(13)15(17)18/h3-10H,2H2,1H3,(H2,17,18). The minimum absolute atomic E-state index is 0.315. The van der Waals surface area contributed by atoms with E-state index in [1.165, 1.54) is 11.8 Å². The van der Waals surface area contributed by atoms with Crippen molar-refractivity contribution in [3.05, 3.63) is 59.7 Å². The predicted molar refractivity (Wildman–Crippen MR) is 81.5 cm³/mol. The van der Waals surface area contributed by atoms with E-state index in [0.29, 0.717) is 22.6 Å². The smallest absolute Gasteiger partial charge is 0.339 e. The van der Waals surface area contributed by atoms with E-state index in [9.17, 15) is 9.59 Å². The van der Waals surface area contributed by atoms with E-state index in [4.69, 9.17) is 10.5 Å². The molecular formula is C16H15NO3S. The van der Waals surface area contributed by atoms with Gasteiger partial charge in [-0.15, -0.1) is 0 Å². The molecule has 0 spiro atoms. The van der Waals surface area contributed by atoms with E-state index in [2.05, 4.69) is 0 Å². The van der Waals surface area contributed by atoms with Gasteiger partial charge in [-0.25, -0.2) is 4.79 Å². The third-order valence-corrected chi connectivity index (χ3v) is 3.91. The number of amides is 1. The molecule has 2 N–H and O–H groups in total. The van der Waals surface area contributed by atoms with Crippen molar-refractivity contribution in [3.63, 3.8) is 0 Å². The highest BCUT2D eigenvalue weighted by Gasteiger charge is 2.15. The fourth-order valence-electron chi connectivity index (χ4n) is 1.81. The van der Waals surface area contributed by atoms with Crippen LogP contribution in [0.1, 0.15) is 27.6 Å².